The topological polar surface area (TPSA) is 68.4 Å². The second-order valence-corrected chi connectivity index (χ2v) is 4.58. The maximum absolute atomic E-state index is 14.1. The lowest BCUT2D eigenvalue weighted by Gasteiger charge is -2.11. The van der Waals surface area contributed by atoms with E-state index in [1.165, 1.54) is 6.07 Å². The zero-order valence-electron chi connectivity index (χ0n) is 11.1. The number of hydrogen-bond donors (Lipinski definition) is 2. The molecule has 3 N–H and O–H groups in total. The van der Waals surface area contributed by atoms with Crippen molar-refractivity contribution in [3.63, 3.8) is 0 Å². The average Bonchev–Trinajstić information content (AvgIpc) is 2.52. The molecule has 0 saturated heterocycles. The largest absolute Gasteiger partial charge is 0.452 e. The molecule has 0 aliphatic rings. The minimum absolute atomic E-state index is 0.0385. The lowest BCUT2D eigenvalue weighted by atomic mass is 10.1. The quantitative estimate of drug-likeness (QED) is 0.724. The number of aliphatic hydroxyl groups excluding tert-OH is 1. The number of rotatable bonds is 3. The maximum Gasteiger partial charge on any atom is 0.189 e. The third-order valence-electron chi connectivity index (χ3n) is 3.16. The van der Waals surface area contributed by atoms with E-state index in [0.717, 1.165) is 5.56 Å². The molecule has 0 aliphatic heterocycles. The van der Waals surface area contributed by atoms with E-state index in [2.05, 4.69) is 4.98 Å². The van der Waals surface area contributed by atoms with E-state index < -0.39 is 5.82 Å². The maximum atomic E-state index is 14.1. The number of nitrogen functional groups attached to an aromatic ring is 1. The van der Waals surface area contributed by atoms with Crippen LogP contribution < -0.4 is 10.5 Å². The van der Waals surface area contributed by atoms with Gasteiger partial charge in [-0.15, -0.1) is 0 Å². The Balaban J connectivity index is 2.07. The summed E-state index contributed by atoms with van der Waals surface area (Å²) in [5.74, 6) is -0.0655. The van der Waals surface area contributed by atoms with Crippen LogP contribution in [0.1, 0.15) is 5.56 Å². The zero-order valence-corrected chi connectivity index (χ0v) is 11.1. The first-order chi connectivity index (χ1) is 10.2. The smallest absolute Gasteiger partial charge is 0.189 e. The van der Waals surface area contributed by atoms with E-state index in [1.54, 1.807) is 42.6 Å². The molecule has 0 spiro atoms. The molecule has 21 heavy (non-hydrogen) atoms. The Kier molecular flexibility index (Phi) is 3.41. The molecular formula is C16H13FN2O2. The summed E-state index contributed by atoms with van der Waals surface area (Å²) in [6, 6.07) is 11.5. The number of fused-ring (bicyclic) bond motifs is 1. The number of aromatic nitrogens is 1. The van der Waals surface area contributed by atoms with Crippen molar-refractivity contribution in [1.29, 1.82) is 0 Å². The molecule has 3 rings (SSSR count). The molecule has 0 amide bonds. The summed E-state index contributed by atoms with van der Waals surface area (Å²) in [4.78, 5) is 4.15. The Morgan fingerprint density at radius 2 is 1.95 bits per heavy atom. The fourth-order valence-corrected chi connectivity index (χ4v) is 2.09. The van der Waals surface area contributed by atoms with Gasteiger partial charge in [-0.3, -0.25) is 4.98 Å². The molecule has 2 aromatic carbocycles. The molecule has 0 saturated carbocycles. The first-order valence-corrected chi connectivity index (χ1v) is 6.39. The number of nitrogens with zero attached hydrogens (tertiary/aromatic N) is 1. The molecule has 0 unspecified atom stereocenters. The van der Waals surface area contributed by atoms with Gasteiger partial charge in [0, 0.05) is 23.3 Å². The number of ether oxygens (including phenoxy) is 1. The van der Waals surface area contributed by atoms with E-state index in [1.807, 2.05) is 0 Å². The van der Waals surface area contributed by atoms with Gasteiger partial charge >= 0.3 is 0 Å². The number of aliphatic hydroxyl groups is 1. The van der Waals surface area contributed by atoms with E-state index >= 15 is 0 Å². The first kappa shape index (κ1) is 13.3. The van der Waals surface area contributed by atoms with Gasteiger partial charge in [-0.25, -0.2) is 4.39 Å². The number of benzene rings is 2. The summed E-state index contributed by atoms with van der Waals surface area (Å²) in [5, 5.41) is 9.65. The Labute approximate surface area is 120 Å². The number of anilines is 1. The van der Waals surface area contributed by atoms with Crippen LogP contribution in [-0.4, -0.2) is 10.1 Å². The Bertz CT molecular complexity index is 788. The van der Waals surface area contributed by atoms with Crippen molar-refractivity contribution < 1.29 is 14.2 Å². The lowest BCUT2D eigenvalue weighted by molar-refractivity contribution is 0.281. The van der Waals surface area contributed by atoms with E-state index in [4.69, 9.17) is 15.6 Å². The molecule has 0 atom stereocenters. The standard InChI is InChI=1S/C16H13FN2O2/c17-13-8-14(18)12-2-1-7-19-15(12)16(13)21-11-5-3-10(9-20)4-6-11/h1-8,20H,9,18H2. The SMILES string of the molecule is Nc1cc(F)c(Oc2ccc(CO)cc2)c2ncccc12. The number of nitrogens with two attached hydrogens (primary N) is 1. The molecule has 106 valence electrons. The van der Waals surface area contributed by atoms with Gasteiger partial charge in [-0.1, -0.05) is 12.1 Å². The van der Waals surface area contributed by atoms with Crippen molar-refractivity contribution >= 4 is 16.6 Å². The van der Waals surface area contributed by atoms with Crippen LogP contribution in [0.4, 0.5) is 10.1 Å². The molecule has 5 heteroatoms. The third kappa shape index (κ3) is 2.51. The Morgan fingerprint density at radius 3 is 2.67 bits per heavy atom. The Morgan fingerprint density at radius 1 is 1.19 bits per heavy atom. The predicted octanol–water partition coefficient (Wildman–Crippen LogP) is 3.24. The van der Waals surface area contributed by atoms with Crippen LogP contribution in [0.25, 0.3) is 10.9 Å². The van der Waals surface area contributed by atoms with Crippen LogP contribution in [0.2, 0.25) is 0 Å². The third-order valence-corrected chi connectivity index (χ3v) is 3.16. The summed E-state index contributed by atoms with van der Waals surface area (Å²) in [5.41, 5.74) is 7.24. The number of pyridine rings is 1. The first-order valence-electron chi connectivity index (χ1n) is 6.39. The normalized spacial score (nSPS) is 10.8. The van der Waals surface area contributed by atoms with Gasteiger partial charge in [-0.05, 0) is 29.8 Å². The summed E-state index contributed by atoms with van der Waals surface area (Å²) < 4.78 is 19.7. The molecule has 0 aliphatic carbocycles. The molecule has 0 bridgehead atoms. The highest BCUT2D eigenvalue weighted by Gasteiger charge is 2.14. The summed E-state index contributed by atoms with van der Waals surface area (Å²) in [6.45, 7) is -0.0546. The predicted molar refractivity (Wildman–Crippen MR) is 78.6 cm³/mol. The monoisotopic (exact) mass is 284 g/mol. The van der Waals surface area contributed by atoms with Gasteiger partial charge in [0.2, 0.25) is 0 Å². The highest BCUT2D eigenvalue weighted by molar-refractivity contribution is 5.94. The van der Waals surface area contributed by atoms with E-state index in [9.17, 15) is 4.39 Å². The van der Waals surface area contributed by atoms with Crippen molar-refractivity contribution in [2.24, 2.45) is 0 Å². The molecule has 1 aromatic heterocycles. The van der Waals surface area contributed by atoms with Crippen LogP contribution in [0.5, 0.6) is 11.5 Å². The molecule has 0 radical (unpaired) electrons. The van der Waals surface area contributed by atoms with Gasteiger partial charge in [0.25, 0.3) is 0 Å². The van der Waals surface area contributed by atoms with Crippen molar-refractivity contribution in [2.75, 3.05) is 5.73 Å². The Hall–Kier alpha value is -2.66. The van der Waals surface area contributed by atoms with Gasteiger partial charge in [-0.2, -0.15) is 0 Å². The van der Waals surface area contributed by atoms with Crippen molar-refractivity contribution in [3.05, 3.63) is 60.0 Å². The second kappa shape index (κ2) is 5.38. The van der Waals surface area contributed by atoms with Crippen LogP contribution in [0.15, 0.2) is 48.7 Å². The van der Waals surface area contributed by atoms with Crippen LogP contribution in [-0.2, 0) is 6.61 Å². The zero-order chi connectivity index (χ0) is 14.8. The van der Waals surface area contributed by atoms with Crippen molar-refractivity contribution in [1.82, 2.24) is 4.98 Å². The molecule has 1 heterocycles. The van der Waals surface area contributed by atoms with Crippen LogP contribution in [0.3, 0.4) is 0 Å². The summed E-state index contributed by atoms with van der Waals surface area (Å²) >= 11 is 0. The van der Waals surface area contributed by atoms with Crippen molar-refractivity contribution in [3.8, 4) is 11.5 Å². The van der Waals surface area contributed by atoms with Gasteiger partial charge in [0.1, 0.15) is 11.3 Å². The highest BCUT2D eigenvalue weighted by atomic mass is 19.1. The highest BCUT2D eigenvalue weighted by Crippen LogP contribution is 2.34. The minimum atomic E-state index is -0.565. The van der Waals surface area contributed by atoms with Gasteiger partial charge in [0.05, 0.1) is 6.61 Å². The summed E-state index contributed by atoms with van der Waals surface area (Å²) in [7, 11) is 0. The lowest BCUT2D eigenvalue weighted by Crippen LogP contribution is -1.96. The van der Waals surface area contributed by atoms with Crippen LogP contribution in [0, 0.1) is 5.82 Å². The minimum Gasteiger partial charge on any atom is -0.452 e. The molecule has 4 nitrogen and oxygen atoms in total. The van der Waals surface area contributed by atoms with Gasteiger partial charge < -0.3 is 15.6 Å². The fraction of sp³-hybridized carbons (Fsp3) is 0.0625. The van der Waals surface area contributed by atoms with E-state index in [0.29, 0.717) is 22.3 Å². The molecular weight excluding hydrogens is 271 g/mol. The molecule has 3 aromatic rings. The fourth-order valence-electron chi connectivity index (χ4n) is 2.09. The van der Waals surface area contributed by atoms with Crippen molar-refractivity contribution in [2.45, 2.75) is 6.61 Å². The van der Waals surface area contributed by atoms with Gasteiger partial charge in [0.15, 0.2) is 11.6 Å². The number of hydrogen-bond acceptors (Lipinski definition) is 4. The second-order valence-electron chi connectivity index (χ2n) is 4.58. The molecule has 0 fully saturated rings. The van der Waals surface area contributed by atoms with E-state index in [-0.39, 0.29) is 12.4 Å². The number of halogens is 1. The van der Waals surface area contributed by atoms with Crippen LogP contribution >= 0.6 is 0 Å². The summed E-state index contributed by atoms with van der Waals surface area (Å²) in [6.07, 6.45) is 1.56. The average molecular weight is 284 g/mol.